The fourth-order valence-electron chi connectivity index (χ4n) is 4.46. The summed E-state index contributed by atoms with van der Waals surface area (Å²) in [6.45, 7) is 2.59. The molecule has 0 spiro atoms. The first-order chi connectivity index (χ1) is 18.9. The lowest BCUT2D eigenvalue weighted by Gasteiger charge is -2.17. The van der Waals surface area contributed by atoms with E-state index in [4.69, 9.17) is 9.47 Å². The van der Waals surface area contributed by atoms with E-state index in [0.717, 1.165) is 23.8 Å². The second kappa shape index (κ2) is 12.4. The van der Waals surface area contributed by atoms with E-state index < -0.39 is 17.1 Å². The molecule has 0 bridgehead atoms. The van der Waals surface area contributed by atoms with Gasteiger partial charge in [0.05, 0.1) is 38.2 Å². The normalized spacial score (nSPS) is 11.0. The maximum Gasteiger partial charge on any atom is 0.332 e. The summed E-state index contributed by atoms with van der Waals surface area (Å²) in [6.07, 6.45) is 3.04. The van der Waals surface area contributed by atoms with Crippen LogP contribution >= 0.6 is 0 Å². The molecular weight excluding hydrogens is 501 g/mol. The van der Waals surface area contributed by atoms with Crippen LogP contribution in [0.1, 0.15) is 47.7 Å². The van der Waals surface area contributed by atoms with Crippen molar-refractivity contribution in [3.8, 4) is 11.5 Å². The number of nitrogens with one attached hydrogen (secondary N) is 1. The monoisotopic (exact) mass is 533 g/mol. The number of carbonyl (C=O) groups is 1. The summed E-state index contributed by atoms with van der Waals surface area (Å²) in [4.78, 5) is 39.7. The Morgan fingerprint density at radius 3 is 2.26 bits per heavy atom. The summed E-state index contributed by atoms with van der Waals surface area (Å²) in [7, 11) is 2.92. The van der Waals surface area contributed by atoms with Crippen molar-refractivity contribution in [2.75, 3.05) is 20.8 Å². The molecule has 0 fully saturated rings. The van der Waals surface area contributed by atoms with Gasteiger partial charge in [0.15, 0.2) is 11.5 Å². The lowest BCUT2D eigenvalue weighted by atomic mass is 10.1. The molecule has 4 rings (SSSR count). The average Bonchev–Trinajstić information content (AvgIpc) is 2.96. The van der Waals surface area contributed by atoms with Gasteiger partial charge in [-0.2, -0.15) is 0 Å². The molecule has 1 N–H and O–H groups in total. The third kappa shape index (κ3) is 6.03. The van der Waals surface area contributed by atoms with E-state index in [1.165, 1.54) is 30.9 Å². The number of carbonyl (C=O) groups excluding carboxylic acids is 1. The van der Waals surface area contributed by atoms with E-state index in [2.05, 4.69) is 12.2 Å². The van der Waals surface area contributed by atoms with E-state index in [1.807, 2.05) is 0 Å². The Balaban J connectivity index is 1.75. The number of hydrogen-bond donors (Lipinski definition) is 1. The van der Waals surface area contributed by atoms with Crippen molar-refractivity contribution in [3.63, 3.8) is 0 Å². The van der Waals surface area contributed by atoms with Crippen molar-refractivity contribution in [1.29, 1.82) is 0 Å². The Hall–Kier alpha value is -4.40. The summed E-state index contributed by atoms with van der Waals surface area (Å²) < 4.78 is 27.8. The molecule has 0 aliphatic heterocycles. The van der Waals surface area contributed by atoms with Crippen molar-refractivity contribution in [2.45, 2.75) is 39.3 Å². The van der Waals surface area contributed by atoms with E-state index >= 15 is 0 Å². The fraction of sp³-hybridized carbons (Fsp3) is 0.300. The SMILES string of the molecule is CCCCCNC(=O)c1ccc(Cn2c(=O)c3cc(OC)c(OC)cc3n(Cc3ccccc3F)c2=O)cc1. The highest BCUT2D eigenvalue weighted by atomic mass is 19.1. The number of methoxy groups -OCH3 is 2. The average molecular weight is 534 g/mol. The second-order valence-electron chi connectivity index (χ2n) is 9.24. The van der Waals surface area contributed by atoms with Crippen LogP contribution in [-0.4, -0.2) is 35.8 Å². The summed E-state index contributed by atoms with van der Waals surface area (Å²) in [6, 6.07) is 16.0. The molecule has 0 saturated carbocycles. The molecule has 0 unspecified atom stereocenters. The zero-order valence-electron chi connectivity index (χ0n) is 22.3. The number of rotatable bonds is 11. The van der Waals surface area contributed by atoms with Crippen molar-refractivity contribution in [3.05, 3.63) is 104 Å². The Labute approximate surface area is 225 Å². The van der Waals surface area contributed by atoms with E-state index in [0.29, 0.717) is 40.3 Å². The number of fused-ring (bicyclic) bond motifs is 1. The minimum atomic E-state index is -0.597. The molecule has 9 heteroatoms. The molecule has 0 aliphatic carbocycles. The third-order valence-electron chi connectivity index (χ3n) is 6.64. The van der Waals surface area contributed by atoms with Gasteiger partial charge in [-0.05, 0) is 36.2 Å². The van der Waals surface area contributed by atoms with Crippen LogP contribution < -0.4 is 26.0 Å². The molecule has 0 atom stereocenters. The van der Waals surface area contributed by atoms with Crippen molar-refractivity contribution >= 4 is 16.8 Å². The van der Waals surface area contributed by atoms with Gasteiger partial charge in [0.2, 0.25) is 0 Å². The maximum absolute atomic E-state index is 14.6. The Morgan fingerprint density at radius 2 is 1.59 bits per heavy atom. The zero-order valence-corrected chi connectivity index (χ0v) is 22.3. The number of halogens is 1. The van der Waals surface area contributed by atoms with Gasteiger partial charge in [-0.25, -0.2) is 9.18 Å². The van der Waals surface area contributed by atoms with Crippen LogP contribution in [0.15, 0.2) is 70.3 Å². The molecule has 4 aromatic rings. The number of unbranched alkanes of at least 4 members (excludes halogenated alkanes) is 2. The third-order valence-corrected chi connectivity index (χ3v) is 6.64. The quantitative estimate of drug-likeness (QED) is 0.290. The summed E-state index contributed by atoms with van der Waals surface area (Å²) in [5.41, 5.74) is 0.649. The minimum Gasteiger partial charge on any atom is -0.493 e. The number of hydrogen-bond acceptors (Lipinski definition) is 5. The standard InChI is InChI=1S/C30H32FN3O5/c1-4-5-8-15-32-28(35)21-13-11-20(12-14-21)18-34-29(36)23-16-26(38-2)27(39-3)17-25(23)33(30(34)37)19-22-9-6-7-10-24(22)31/h6-7,9-14,16-17H,4-5,8,15,18-19H2,1-3H3,(H,32,35). The maximum atomic E-state index is 14.6. The van der Waals surface area contributed by atoms with Crippen LogP contribution in [0, 0.1) is 5.82 Å². The molecule has 204 valence electrons. The van der Waals surface area contributed by atoms with Gasteiger partial charge in [0.25, 0.3) is 11.5 Å². The minimum absolute atomic E-state index is 0.0301. The number of nitrogens with zero attached hydrogens (tertiary/aromatic N) is 2. The zero-order chi connectivity index (χ0) is 27.9. The van der Waals surface area contributed by atoms with E-state index in [-0.39, 0.29) is 24.4 Å². The highest BCUT2D eigenvalue weighted by Crippen LogP contribution is 2.30. The van der Waals surface area contributed by atoms with Crippen LogP contribution in [0.25, 0.3) is 10.9 Å². The predicted molar refractivity (Wildman–Crippen MR) is 148 cm³/mol. The molecule has 1 heterocycles. The van der Waals surface area contributed by atoms with Gasteiger partial charge in [-0.3, -0.25) is 18.7 Å². The molecule has 3 aromatic carbocycles. The van der Waals surface area contributed by atoms with Crippen LogP contribution in [-0.2, 0) is 13.1 Å². The smallest absolute Gasteiger partial charge is 0.332 e. The molecule has 1 aromatic heterocycles. The largest absolute Gasteiger partial charge is 0.493 e. The second-order valence-corrected chi connectivity index (χ2v) is 9.24. The molecule has 0 radical (unpaired) electrons. The Kier molecular flexibility index (Phi) is 8.81. The van der Waals surface area contributed by atoms with Crippen LogP contribution in [0.2, 0.25) is 0 Å². The first-order valence-electron chi connectivity index (χ1n) is 12.9. The summed E-state index contributed by atoms with van der Waals surface area (Å²) in [5, 5.41) is 3.12. The number of benzene rings is 3. The lowest BCUT2D eigenvalue weighted by Crippen LogP contribution is -2.40. The first kappa shape index (κ1) is 27.6. The lowest BCUT2D eigenvalue weighted by molar-refractivity contribution is 0.0953. The molecular formula is C30H32FN3O5. The van der Waals surface area contributed by atoms with Gasteiger partial charge >= 0.3 is 5.69 Å². The van der Waals surface area contributed by atoms with Crippen LogP contribution in [0.5, 0.6) is 11.5 Å². The molecule has 39 heavy (non-hydrogen) atoms. The highest BCUT2D eigenvalue weighted by molar-refractivity contribution is 5.94. The fourth-order valence-corrected chi connectivity index (χ4v) is 4.46. The Bertz CT molecular complexity index is 1590. The molecule has 0 saturated heterocycles. The summed E-state index contributed by atoms with van der Waals surface area (Å²) in [5.74, 6) is 0.0413. The predicted octanol–water partition coefficient (Wildman–Crippen LogP) is 4.34. The van der Waals surface area contributed by atoms with E-state index in [9.17, 15) is 18.8 Å². The van der Waals surface area contributed by atoms with Gasteiger partial charge in [0.1, 0.15) is 5.82 Å². The van der Waals surface area contributed by atoms with Crippen molar-refractivity contribution in [1.82, 2.24) is 14.5 Å². The topological polar surface area (TPSA) is 91.6 Å². The van der Waals surface area contributed by atoms with E-state index in [1.54, 1.807) is 48.5 Å². The molecule has 8 nitrogen and oxygen atoms in total. The van der Waals surface area contributed by atoms with Gasteiger partial charge in [-0.15, -0.1) is 0 Å². The molecule has 0 aliphatic rings. The van der Waals surface area contributed by atoms with Crippen LogP contribution in [0.4, 0.5) is 4.39 Å². The number of amides is 1. The van der Waals surface area contributed by atoms with Gasteiger partial charge < -0.3 is 14.8 Å². The number of aromatic nitrogens is 2. The first-order valence-corrected chi connectivity index (χ1v) is 12.9. The van der Waals surface area contributed by atoms with Crippen molar-refractivity contribution < 1.29 is 18.7 Å². The van der Waals surface area contributed by atoms with Crippen LogP contribution in [0.3, 0.4) is 0 Å². The molecule has 1 amide bonds. The highest BCUT2D eigenvalue weighted by Gasteiger charge is 2.18. The van der Waals surface area contributed by atoms with Gasteiger partial charge in [-0.1, -0.05) is 50.1 Å². The van der Waals surface area contributed by atoms with Crippen molar-refractivity contribution in [2.24, 2.45) is 0 Å². The van der Waals surface area contributed by atoms with Gasteiger partial charge in [0, 0.05) is 23.7 Å². The Morgan fingerprint density at radius 1 is 0.897 bits per heavy atom. The summed E-state index contributed by atoms with van der Waals surface area (Å²) >= 11 is 0. The number of ether oxygens (including phenoxy) is 2.